The van der Waals surface area contributed by atoms with Crippen LogP contribution in [0.1, 0.15) is 88.1 Å². The number of nitrogens with one attached hydrogen (secondary N) is 1. The third-order valence-corrected chi connectivity index (χ3v) is 11.6. The third kappa shape index (κ3) is 6.42. The molecule has 1 aromatic rings. The summed E-state index contributed by atoms with van der Waals surface area (Å²) in [6, 6.07) is 6.99. The van der Waals surface area contributed by atoms with Crippen molar-refractivity contribution in [2.75, 3.05) is 26.5 Å². The van der Waals surface area contributed by atoms with E-state index in [1.54, 1.807) is 17.0 Å². The molecule has 2 saturated carbocycles. The molecule has 2 N–H and O–H groups in total. The molecule has 3 aliphatic heterocycles. The summed E-state index contributed by atoms with van der Waals surface area (Å²) >= 11 is 0. The van der Waals surface area contributed by atoms with Crippen LogP contribution in [0.15, 0.2) is 41.5 Å². The lowest BCUT2D eigenvalue weighted by atomic mass is 9.52. The van der Waals surface area contributed by atoms with Gasteiger partial charge in [0, 0.05) is 25.1 Å². The Morgan fingerprint density at radius 3 is 2.81 bits per heavy atom. The van der Waals surface area contributed by atoms with E-state index >= 15 is 0 Å². The van der Waals surface area contributed by atoms with Crippen LogP contribution < -0.4 is 5.32 Å². The van der Waals surface area contributed by atoms with Gasteiger partial charge in [0.25, 0.3) is 0 Å². The van der Waals surface area contributed by atoms with Crippen LogP contribution in [-0.4, -0.2) is 90.3 Å². The zero-order valence-electron chi connectivity index (χ0n) is 27.7. The van der Waals surface area contributed by atoms with Crippen LogP contribution in [-0.2, 0) is 28.5 Å². The van der Waals surface area contributed by atoms with Crippen LogP contribution >= 0.6 is 0 Å². The number of likely N-dealkylation sites (tertiary alicyclic amines) is 1. The van der Waals surface area contributed by atoms with E-state index in [-0.39, 0.29) is 43.8 Å². The second-order valence-electron chi connectivity index (χ2n) is 15.1. The molecule has 2 amide bonds. The average molecular weight is 649 g/mol. The maximum atomic E-state index is 13.7. The fourth-order valence-electron chi connectivity index (χ4n) is 8.86. The number of carbonyl (C=O) groups excluding carboxylic acids is 3. The van der Waals surface area contributed by atoms with Gasteiger partial charge in [0.2, 0.25) is 11.8 Å². The predicted molar refractivity (Wildman–Crippen MR) is 173 cm³/mol. The number of rotatable bonds is 7. The van der Waals surface area contributed by atoms with Crippen LogP contribution in [0.25, 0.3) is 6.08 Å². The first-order valence-electron chi connectivity index (χ1n) is 17.4. The van der Waals surface area contributed by atoms with Gasteiger partial charge in [-0.15, -0.1) is 0 Å². The Morgan fingerprint density at radius 1 is 1.15 bits per heavy atom. The molecule has 1 aromatic carbocycles. The lowest BCUT2D eigenvalue weighted by Gasteiger charge is -2.53. The first-order valence-corrected chi connectivity index (χ1v) is 17.4. The van der Waals surface area contributed by atoms with Gasteiger partial charge in [-0.3, -0.25) is 9.59 Å². The van der Waals surface area contributed by atoms with Crippen molar-refractivity contribution in [2.45, 2.75) is 108 Å². The van der Waals surface area contributed by atoms with E-state index in [0.29, 0.717) is 53.9 Å². The molecule has 254 valence electrons. The van der Waals surface area contributed by atoms with E-state index < -0.39 is 30.3 Å². The van der Waals surface area contributed by atoms with Gasteiger partial charge in [-0.1, -0.05) is 37.6 Å². The Balaban J connectivity index is 1.05. The summed E-state index contributed by atoms with van der Waals surface area (Å²) in [5, 5.41) is 11.8. The number of benzene rings is 1. The van der Waals surface area contributed by atoms with Crippen LogP contribution in [0.3, 0.4) is 0 Å². The molecule has 0 spiro atoms. The van der Waals surface area contributed by atoms with E-state index in [4.69, 9.17) is 24.1 Å². The number of hydrogen-bond acceptors (Lipinski definition) is 8. The number of epoxide rings is 1. The lowest BCUT2D eigenvalue weighted by molar-refractivity contribution is -0.136. The summed E-state index contributed by atoms with van der Waals surface area (Å²) in [4.78, 5) is 41.6. The molecule has 5 fully saturated rings. The fourth-order valence-corrected chi connectivity index (χ4v) is 8.86. The molecule has 10 heteroatoms. The summed E-state index contributed by atoms with van der Waals surface area (Å²) in [5.41, 5.74) is 3.68. The Kier molecular flexibility index (Phi) is 8.83. The molecule has 8 unspecified atom stereocenters. The first-order chi connectivity index (χ1) is 22.6. The molecule has 47 heavy (non-hydrogen) atoms. The minimum Gasteiger partial charge on any atom is -0.456 e. The molecule has 10 nitrogen and oxygen atoms in total. The van der Waals surface area contributed by atoms with E-state index in [1.807, 2.05) is 18.2 Å². The van der Waals surface area contributed by atoms with Crippen molar-refractivity contribution in [1.29, 1.82) is 0 Å². The highest BCUT2D eigenvalue weighted by molar-refractivity contribution is 5.98. The SMILES string of the molecule is CC1(C)CC2C(=Cc3cccc(C(=O)OC4CC(C(=O)N5CCCC5C(=O)NCCO)=CC5OCOC54)c3)CCC3OC3(C)CCC21. The largest absolute Gasteiger partial charge is 0.456 e. The zero-order chi connectivity index (χ0) is 32.9. The van der Waals surface area contributed by atoms with Crippen molar-refractivity contribution in [3.05, 3.63) is 52.6 Å². The van der Waals surface area contributed by atoms with Gasteiger partial charge in [-0.2, -0.15) is 0 Å². The van der Waals surface area contributed by atoms with Crippen molar-refractivity contribution in [3.8, 4) is 0 Å². The molecule has 3 aliphatic carbocycles. The number of carbonyl (C=O) groups is 3. The molecular weight excluding hydrogens is 600 g/mol. The van der Waals surface area contributed by atoms with Gasteiger partial charge in [0.05, 0.1) is 23.9 Å². The van der Waals surface area contributed by atoms with Gasteiger partial charge in [-0.05, 0) is 92.9 Å². The standard InChI is InChI=1S/C37H48N2O8/c1-36(2)20-26-23(9-10-31-37(3,47-31)12-11-27(26)36)16-22-6-4-7-24(17-22)35(43)46-30-19-25(18-29-32(30)45-21-44-29)34(42)39-14-5-8-28(39)33(41)38-13-15-40/h4,6-7,16-18,26-32,40H,5,8-15,19-21H2,1-3H3,(H,38,41). The minimum absolute atomic E-state index is 0.0341. The van der Waals surface area contributed by atoms with Gasteiger partial charge in [0.15, 0.2) is 0 Å². The second kappa shape index (κ2) is 12.8. The number of esters is 1. The van der Waals surface area contributed by atoms with Crippen molar-refractivity contribution < 1.29 is 38.4 Å². The van der Waals surface area contributed by atoms with Gasteiger partial charge < -0.3 is 34.3 Å². The van der Waals surface area contributed by atoms with Gasteiger partial charge in [-0.25, -0.2) is 4.79 Å². The monoisotopic (exact) mass is 648 g/mol. The number of fused-ring (bicyclic) bond motifs is 3. The van der Waals surface area contributed by atoms with Crippen molar-refractivity contribution in [1.82, 2.24) is 10.2 Å². The lowest BCUT2D eigenvalue weighted by Crippen LogP contribution is -2.49. The normalized spacial score (nSPS) is 36.4. The number of aliphatic hydroxyl groups is 1. The summed E-state index contributed by atoms with van der Waals surface area (Å²) in [6.07, 6.45) is 9.54. The smallest absolute Gasteiger partial charge is 0.338 e. The summed E-state index contributed by atoms with van der Waals surface area (Å²) in [5.74, 6) is 0.173. The van der Waals surface area contributed by atoms with E-state index in [2.05, 4.69) is 32.2 Å². The zero-order valence-corrected chi connectivity index (χ0v) is 27.7. The summed E-state index contributed by atoms with van der Waals surface area (Å²) in [7, 11) is 0. The average Bonchev–Trinajstić information content (AvgIpc) is 3.41. The molecule has 3 saturated heterocycles. The Hall–Kier alpha value is -3.05. The quantitative estimate of drug-likeness (QED) is 0.334. The van der Waals surface area contributed by atoms with E-state index in [9.17, 15) is 14.4 Å². The molecule has 0 radical (unpaired) electrons. The summed E-state index contributed by atoms with van der Waals surface area (Å²) < 4.78 is 23.8. The highest BCUT2D eigenvalue weighted by Crippen LogP contribution is 2.59. The maximum absolute atomic E-state index is 13.7. The van der Waals surface area contributed by atoms with Crippen molar-refractivity contribution in [3.63, 3.8) is 0 Å². The molecule has 6 aliphatic rings. The number of allylic oxidation sites excluding steroid dienone is 1. The molecule has 7 rings (SSSR count). The number of aliphatic hydroxyl groups excluding tert-OH is 1. The van der Waals surface area contributed by atoms with E-state index in [1.165, 1.54) is 18.4 Å². The Labute approximate surface area is 276 Å². The van der Waals surface area contributed by atoms with Crippen molar-refractivity contribution in [2.24, 2.45) is 17.3 Å². The molecular formula is C37H48N2O8. The fraction of sp³-hybridized carbons (Fsp3) is 0.649. The number of nitrogens with zero attached hydrogens (tertiary/aromatic N) is 1. The second-order valence-corrected chi connectivity index (χ2v) is 15.1. The molecule has 8 atom stereocenters. The predicted octanol–water partition coefficient (Wildman–Crippen LogP) is 4.16. The third-order valence-electron chi connectivity index (χ3n) is 11.6. The van der Waals surface area contributed by atoms with E-state index in [0.717, 1.165) is 24.8 Å². The molecule has 3 heterocycles. The van der Waals surface area contributed by atoms with Crippen molar-refractivity contribution >= 4 is 23.9 Å². The summed E-state index contributed by atoms with van der Waals surface area (Å²) in [6.45, 7) is 7.51. The minimum atomic E-state index is -0.717. The van der Waals surface area contributed by atoms with Crippen LogP contribution in [0.4, 0.5) is 0 Å². The number of ether oxygens (including phenoxy) is 4. The Morgan fingerprint density at radius 2 is 2.00 bits per heavy atom. The highest BCUT2D eigenvalue weighted by atomic mass is 16.7. The number of hydrogen-bond donors (Lipinski definition) is 2. The topological polar surface area (TPSA) is 127 Å². The molecule has 0 bridgehead atoms. The van der Waals surface area contributed by atoms with Crippen LogP contribution in [0.5, 0.6) is 0 Å². The van der Waals surface area contributed by atoms with Gasteiger partial charge >= 0.3 is 5.97 Å². The first kappa shape index (κ1) is 32.5. The van der Waals surface area contributed by atoms with Gasteiger partial charge in [0.1, 0.15) is 31.1 Å². The highest BCUT2D eigenvalue weighted by Gasteiger charge is 2.56. The van der Waals surface area contributed by atoms with Crippen LogP contribution in [0, 0.1) is 17.3 Å². The molecule has 0 aromatic heterocycles. The van der Waals surface area contributed by atoms with Crippen LogP contribution in [0.2, 0.25) is 0 Å². The Bertz CT molecular complexity index is 1470. The number of amides is 2. The maximum Gasteiger partial charge on any atom is 0.338 e.